The monoisotopic (exact) mass is 280 g/mol. The summed E-state index contributed by atoms with van der Waals surface area (Å²) >= 11 is 0. The standard InChI is InChI=1S/C15H24N2O3/c1-6-17-10(4)8-12(11(17)5)14(18)16-13(15(19)20)7-9(2)3/h8-9,13H,6-7H2,1-5H3,(H,16,18)(H,19,20). The van der Waals surface area contributed by atoms with Gasteiger partial charge in [-0.2, -0.15) is 0 Å². The van der Waals surface area contributed by atoms with E-state index in [0.717, 1.165) is 17.9 Å². The summed E-state index contributed by atoms with van der Waals surface area (Å²) < 4.78 is 2.03. The van der Waals surface area contributed by atoms with Crippen LogP contribution in [0.2, 0.25) is 0 Å². The predicted octanol–water partition coefficient (Wildman–Crippen LogP) is 2.35. The Morgan fingerprint density at radius 3 is 2.35 bits per heavy atom. The van der Waals surface area contributed by atoms with E-state index in [2.05, 4.69) is 5.32 Å². The van der Waals surface area contributed by atoms with Gasteiger partial charge in [-0.3, -0.25) is 4.79 Å². The van der Waals surface area contributed by atoms with Crippen molar-refractivity contribution >= 4 is 11.9 Å². The Morgan fingerprint density at radius 1 is 1.35 bits per heavy atom. The Labute approximate surface area is 120 Å². The largest absolute Gasteiger partial charge is 0.480 e. The molecule has 1 atom stereocenters. The molecule has 0 aliphatic rings. The highest BCUT2D eigenvalue weighted by Gasteiger charge is 2.23. The van der Waals surface area contributed by atoms with Crippen molar-refractivity contribution in [1.29, 1.82) is 0 Å². The van der Waals surface area contributed by atoms with Crippen molar-refractivity contribution in [3.8, 4) is 0 Å². The van der Waals surface area contributed by atoms with E-state index in [1.54, 1.807) is 0 Å². The van der Waals surface area contributed by atoms with Gasteiger partial charge < -0.3 is 15.0 Å². The van der Waals surface area contributed by atoms with Crippen molar-refractivity contribution in [2.24, 2.45) is 5.92 Å². The first-order valence-corrected chi connectivity index (χ1v) is 6.98. The minimum absolute atomic E-state index is 0.208. The summed E-state index contributed by atoms with van der Waals surface area (Å²) in [5.74, 6) is -1.10. The topological polar surface area (TPSA) is 71.3 Å². The van der Waals surface area contributed by atoms with Crippen LogP contribution in [-0.4, -0.2) is 27.6 Å². The number of nitrogens with zero attached hydrogens (tertiary/aromatic N) is 1. The lowest BCUT2D eigenvalue weighted by Gasteiger charge is -2.16. The van der Waals surface area contributed by atoms with Gasteiger partial charge in [-0.05, 0) is 39.2 Å². The molecule has 0 spiro atoms. The third-order valence-corrected chi connectivity index (χ3v) is 3.45. The van der Waals surface area contributed by atoms with Gasteiger partial charge in [0.25, 0.3) is 5.91 Å². The molecule has 1 aromatic rings. The molecule has 0 fully saturated rings. The van der Waals surface area contributed by atoms with Gasteiger partial charge in [0.15, 0.2) is 0 Å². The van der Waals surface area contributed by atoms with Gasteiger partial charge in [0.1, 0.15) is 6.04 Å². The molecular weight excluding hydrogens is 256 g/mol. The number of carbonyl (C=O) groups excluding carboxylic acids is 1. The van der Waals surface area contributed by atoms with E-state index in [9.17, 15) is 14.7 Å². The molecular formula is C15H24N2O3. The van der Waals surface area contributed by atoms with Gasteiger partial charge in [0.2, 0.25) is 0 Å². The van der Waals surface area contributed by atoms with Crippen molar-refractivity contribution in [2.75, 3.05) is 0 Å². The summed E-state index contributed by atoms with van der Waals surface area (Å²) in [6.45, 7) is 10.5. The second kappa shape index (κ2) is 6.59. The normalized spacial score (nSPS) is 12.5. The zero-order valence-electron chi connectivity index (χ0n) is 12.9. The van der Waals surface area contributed by atoms with Crippen LogP contribution in [0.25, 0.3) is 0 Å². The van der Waals surface area contributed by atoms with Gasteiger partial charge in [-0.1, -0.05) is 13.8 Å². The number of hydrogen-bond donors (Lipinski definition) is 2. The predicted molar refractivity (Wildman–Crippen MR) is 77.9 cm³/mol. The highest BCUT2D eigenvalue weighted by molar-refractivity contribution is 5.97. The second-order valence-electron chi connectivity index (χ2n) is 5.52. The Balaban J connectivity index is 2.92. The molecule has 1 heterocycles. The van der Waals surface area contributed by atoms with E-state index in [-0.39, 0.29) is 11.8 Å². The number of hydrogen-bond acceptors (Lipinski definition) is 2. The van der Waals surface area contributed by atoms with Crippen LogP contribution in [0.4, 0.5) is 0 Å². The fourth-order valence-corrected chi connectivity index (χ4v) is 2.45. The van der Waals surface area contributed by atoms with Gasteiger partial charge >= 0.3 is 5.97 Å². The number of carboxylic acids is 1. The Hall–Kier alpha value is -1.78. The molecule has 0 aliphatic heterocycles. The van der Waals surface area contributed by atoms with E-state index in [1.807, 2.05) is 45.3 Å². The maximum Gasteiger partial charge on any atom is 0.326 e. The molecule has 0 bridgehead atoms. The van der Waals surface area contributed by atoms with Gasteiger partial charge in [0, 0.05) is 17.9 Å². The fourth-order valence-electron chi connectivity index (χ4n) is 2.45. The number of amides is 1. The third kappa shape index (κ3) is 3.62. The first-order valence-electron chi connectivity index (χ1n) is 6.98. The van der Waals surface area contributed by atoms with Crippen LogP contribution in [-0.2, 0) is 11.3 Å². The van der Waals surface area contributed by atoms with E-state index >= 15 is 0 Å². The lowest BCUT2D eigenvalue weighted by Crippen LogP contribution is -2.41. The first kappa shape index (κ1) is 16.3. The molecule has 0 aliphatic carbocycles. The number of carbonyl (C=O) groups is 2. The average Bonchev–Trinajstić information content (AvgIpc) is 2.62. The summed E-state index contributed by atoms with van der Waals surface area (Å²) in [4.78, 5) is 23.5. The molecule has 20 heavy (non-hydrogen) atoms. The molecule has 1 aromatic heterocycles. The molecule has 0 saturated carbocycles. The minimum atomic E-state index is -0.989. The van der Waals surface area contributed by atoms with Crippen LogP contribution in [0.5, 0.6) is 0 Å². The molecule has 0 radical (unpaired) electrons. The van der Waals surface area contributed by atoms with Gasteiger partial charge in [0.05, 0.1) is 5.56 Å². The fraction of sp³-hybridized carbons (Fsp3) is 0.600. The lowest BCUT2D eigenvalue weighted by molar-refractivity contribution is -0.139. The molecule has 1 unspecified atom stereocenters. The molecule has 1 rings (SSSR count). The number of nitrogens with one attached hydrogen (secondary N) is 1. The molecule has 0 aromatic carbocycles. The van der Waals surface area contributed by atoms with Crippen molar-refractivity contribution in [2.45, 2.75) is 53.6 Å². The van der Waals surface area contributed by atoms with E-state index in [1.165, 1.54) is 0 Å². The number of aliphatic carboxylic acids is 1. The van der Waals surface area contributed by atoms with Crippen LogP contribution < -0.4 is 5.32 Å². The molecule has 1 amide bonds. The number of aryl methyl sites for hydroxylation is 1. The van der Waals surface area contributed by atoms with Crippen LogP contribution in [0.3, 0.4) is 0 Å². The minimum Gasteiger partial charge on any atom is -0.480 e. The van der Waals surface area contributed by atoms with E-state index in [0.29, 0.717) is 12.0 Å². The summed E-state index contributed by atoms with van der Waals surface area (Å²) in [6, 6.07) is 0.967. The van der Waals surface area contributed by atoms with Gasteiger partial charge in [-0.15, -0.1) is 0 Å². The third-order valence-electron chi connectivity index (χ3n) is 3.45. The number of rotatable bonds is 6. The number of aromatic nitrogens is 1. The highest BCUT2D eigenvalue weighted by atomic mass is 16.4. The average molecular weight is 280 g/mol. The second-order valence-corrected chi connectivity index (χ2v) is 5.52. The van der Waals surface area contributed by atoms with E-state index in [4.69, 9.17) is 0 Å². The molecule has 5 nitrogen and oxygen atoms in total. The number of carboxylic acid groups (broad SMARTS) is 1. The molecule has 2 N–H and O–H groups in total. The van der Waals surface area contributed by atoms with Crippen molar-refractivity contribution in [1.82, 2.24) is 9.88 Å². The summed E-state index contributed by atoms with van der Waals surface area (Å²) in [5, 5.41) is 11.8. The van der Waals surface area contributed by atoms with Gasteiger partial charge in [-0.25, -0.2) is 4.79 Å². The maximum absolute atomic E-state index is 12.3. The smallest absolute Gasteiger partial charge is 0.326 e. The van der Waals surface area contributed by atoms with E-state index < -0.39 is 12.0 Å². The summed E-state index contributed by atoms with van der Waals surface area (Å²) in [6.07, 6.45) is 0.424. The quantitative estimate of drug-likeness (QED) is 0.840. The molecule has 5 heteroatoms. The molecule has 0 saturated heterocycles. The first-order chi connectivity index (χ1) is 9.27. The van der Waals surface area contributed by atoms with Crippen LogP contribution in [0, 0.1) is 19.8 Å². The zero-order valence-corrected chi connectivity index (χ0v) is 12.9. The Morgan fingerprint density at radius 2 is 1.95 bits per heavy atom. The summed E-state index contributed by atoms with van der Waals surface area (Å²) in [7, 11) is 0. The maximum atomic E-state index is 12.3. The van der Waals surface area contributed by atoms with Crippen LogP contribution >= 0.6 is 0 Å². The zero-order chi connectivity index (χ0) is 15.4. The molecule has 112 valence electrons. The van der Waals surface area contributed by atoms with Crippen LogP contribution in [0.15, 0.2) is 6.07 Å². The van der Waals surface area contributed by atoms with Crippen molar-refractivity contribution < 1.29 is 14.7 Å². The van der Waals surface area contributed by atoms with Crippen LogP contribution in [0.1, 0.15) is 48.9 Å². The Bertz CT molecular complexity index is 503. The lowest BCUT2D eigenvalue weighted by atomic mass is 10.0. The highest BCUT2D eigenvalue weighted by Crippen LogP contribution is 2.15. The summed E-state index contributed by atoms with van der Waals surface area (Å²) in [5.41, 5.74) is 2.43. The SMILES string of the molecule is CCn1c(C)cc(C(=O)NC(CC(C)C)C(=O)O)c1C. The van der Waals surface area contributed by atoms with Crippen molar-refractivity contribution in [3.63, 3.8) is 0 Å². The Kier molecular flexibility index (Phi) is 5.36. The van der Waals surface area contributed by atoms with Crippen molar-refractivity contribution in [3.05, 3.63) is 23.0 Å².